The summed E-state index contributed by atoms with van der Waals surface area (Å²) in [5.41, 5.74) is 2.72. The lowest BCUT2D eigenvalue weighted by Gasteiger charge is -2.08. The van der Waals surface area contributed by atoms with Gasteiger partial charge in [-0.3, -0.25) is 19.0 Å². The Kier molecular flexibility index (Phi) is 5.35. The molecule has 4 heterocycles. The minimum absolute atomic E-state index is 0.302. The largest absolute Gasteiger partial charge is 0.405 e. The van der Waals surface area contributed by atoms with Crippen LogP contribution in [0.3, 0.4) is 0 Å². The van der Waals surface area contributed by atoms with E-state index in [-0.39, 0.29) is 0 Å². The van der Waals surface area contributed by atoms with Crippen LogP contribution in [0.25, 0.3) is 38.9 Å². The molecule has 178 valence electrons. The predicted octanol–water partition coefficient (Wildman–Crippen LogP) is 2.81. The number of carbonyl (C=O) groups is 1. The number of nitrogens with one attached hydrogen (secondary N) is 1. The number of benzene rings is 1. The van der Waals surface area contributed by atoms with Gasteiger partial charge in [0, 0.05) is 36.0 Å². The Balaban J connectivity index is 1.52. The lowest BCUT2D eigenvalue weighted by molar-refractivity contribution is -0.138. The Bertz CT molecular complexity index is 1610. The number of para-hydroxylation sites is 2. The standard InChI is InChI=1S/C23H18F3N7O2/c1-31-19-11-27-9-15(16(19)10-30-31)14-6-7-20(28-8-14)33-18-5-3-2-4-17(18)32(22(33)35)12-21(34)29-13-23(24,25)26/h2-11H,12-13H2,1H3,(H,29,34). The first-order valence-electron chi connectivity index (χ1n) is 10.5. The normalized spacial score (nSPS) is 11.9. The zero-order valence-electron chi connectivity index (χ0n) is 18.3. The van der Waals surface area contributed by atoms with Crippen molar-refractivity contribution in [1.82, 2.24) is 34.2 Å². The van der Waals surface area contributed by atoms with Gasteiger partial charge in [-0.05, 0) is 24.3 Å². The van der Waals surface area contributed by atoms with Crippen LogP contribution >= 0.6 is 0 Å². The molecule has 0 aliphatic carbocycles. The molecule has 1 aromatic carbocycles. The fourth-order valence-electron chi connectivity index (χ4n) is 3.95. The van der Waals surface area contributed by atoms with Crippen LogP contribution < -0.4 is 11.0 Å². The van der Waals surface area contributed by atoms with Gasteiger partial charge in [0.25, 0.3) is 0 Å². The van der Waals surface area contributed by atoms with Crippen molar-refractivity contribution in [3.8, 4) is 16.9 Å². The Hall–Kier alpha value is -4.48. The van der Waals surface area contributed by atoms with Crippen molar-refractivity contribution in [2.75, 3.05) is 6.54 Å². The molecule has 5 aromatic rings. The maximum atomic E-state index is 13.2. The van der Waals surface area contributed by atoms with E-state index in [1.54, 1.807) is 71.2 Å². The Morgan fingerprint density at radius 3 is 2.49 bits per heavy atom. The van der Waals surface area contributed by atoms with Gasteiger partial charge in [-0.2, -0.15) is 18.3 Å². The van der Waals surface area contributed by atoms with Crippen LogP contribution in [0.15, 0.2) is 66.0 Å². The average molecular weight is 481 g/mol. The summed E-state index contributed by atoms with van der Waals surface area (Å²) in [6, 6.07) is 10.1. The third-order valence-electron chi connectivity index (χ3n) is 5.59. The van der Waals surface area contributed by atoms with E-state index in [9.17, 15) is 22.8 Å². The second-order valence-corrected chi connectivity index (χ2v) is 7.88. The highest BCUT2D eigenvalue weighted by molar-refractivity contribution is 5.93. The molecule has 35 heavy (non-hydrogen) atoms. The topological polar surface area (TPSA) is 99.6 Å². The van der Waals surface area contributed by atoms with Crippen molar-refractivity contribution in [2.24, 2.45) is 7.05 Å². The van der Waals surface area contributed by atoms with Crippen LogP contribution in [0.4, 0.5) is 13.2 Å². The van der Waals surface area contributed by atoms with E-state index in [2.05, 4.69) is 15.1 Å². The van der Waals surface area contributed by atoms with Crippen molar-refractivity contribution >= 4 is 27.8 Å². The molecule has 0 spiro atoms. The van der Waals surface area contributed by atoms with E-state index >= 15 is 0 Å². The minimum atomic E-state index is -4.55. The number of imidazole rings is 1. The maximum Gasteiger partial charge on any atom is 0.405 e. The number of aromatic nitrogens is 6. The smallest absolute Gasteiger partial charge is 0.345 e. The monoisotopic (exact) mass is 481 g/mol. The fourth-order valence-corrected chi connectivity index (χ4v) is 3.95. The molecule has 0 unspecified atom stereocenters. The van der Waals surface area contributed by atoms with Gasteiger partial charge in [0.1, 0.15) is 18.9 Å². The second kappa shape index (κ2) is 8.38. The lowest BCUT2D eigenvalue weighted by atomic mass is 10.1. The molecule has 4 aromatic heterocycles. The number of aryl methyl sites for hydroxylation is 1. The molecule has 5 rings (SSSR count). The van der Waals surface area contributed by atoms with E-state index in [1.165, 1.54) is 4.57 Å². The second-order valence-electron chi connectivity index (χ2n) is 7.88. The summed E-state index contributed by atoms with van der Waals surface area (Å²) in [6.07, 6.45) is 2.22. The van der Waals surface area contributed by atoms with Crippen LogP contribution in [0.2, 0.25) is 0 Å². The summed E-state index contributed by atoms with van der Waals surface area (Å²) in [5, 5.41) is 6.95. The summed E-state index contributed by atoms with van der Waals surface area (Å²) < 4.78 is 41.5. The fraction of sp³-hybridized carbons (Fsp3) is 0.174. The van der Waals surface area contributed by atoms with Crippen LogP contribution in [-0.2, 0) is 18.4 Å². The van der Waals surface area contributed by atoms with Gasteiger partial charge in [-0.25, -0.2) is 14.3 Å². The summed E-state index contributed by atoms with van der Waals surface area (Å²) in [4.78, 5) is 34.0. The molecule has 12 heteroatoms. The summed E-state index contributed by atoms with van der Waals surface area (Å²) in [7, 11) is 1.82. The number of amides is 1. The number of rotatable bonds is 5. The molecule has 9 nitrogen and oxygen atoms in total. The number of nitrogens with zero attached hydrogens (tertiary/aromatic N) is 6. The third kappa shape index (κ3) is 4.14. The van der Waals surface area contributed by atoms with Gasteiger partial charge in [0.2, 0.25) is 5.91 Å². The van der Waals surface area contributed by atoms with E-state index in [0.29, 0.717) is 16.9 Å². The molecule has 0 saturated heterocycles. The zero-order chi connectivity index (χ0) is 24.7. The predicted molar refractivity (Wildman–Crippen MR) is 122 cm³/mol. The molecule has 0 atom stereocenters. The minimum Gasteiger partial charge on any atom is -0.345 e. The quantitative estimate of drug-likeness (QED) is 0.416. The number of carbonyl (C=O) groups excluding carboxylic acids is 1. The molecule has 0 bridgehead atoms. The Morgan fingerprint density at radius 1 is 1.00 bits per heavy atom. The number of alkyl halides is 3. The van der Waals surface area contributed by atoms with Gasteiger partial charge in [-0.15, -0.1) is 0 Å². The SMILES string of the molecule is Cn1ncc2c(-c3ccc(-n4c(=O)n(CC(=O)NCC(F)(F)F)c5ccccc54)nc3)cncc21. The van der Waals surface area contributed by atoms with E-state index in [1.807, 2.05) is 7.05 Å². The lowest BCUT2D eigenvalue weighted by Crippen LogP contribution is -2.38. The van der Waals surface area contributed by atoms with Crippen LogP contribution in [0, 0.1) is 0 Å². The summed E-state index contributed by atoms with van der Waals surface area (Å²) >= 11 is 0. The molecule has 0 aliphatic heterocycles. The average Bonchev–Trinajstić information content (AvgIpc) is 3.35. The van der Waals surface area contributed by atoms with Crippen molar-refractivity contribution in [1.29, 1.82) is 0 Å². The van der Waals surface area contributed by atoms with Crippen LogP contribution in [0.1, 0.15) is 0 Å². The summed E-state index contributed by atoms with van der Waals surface area (Å²) in [6.45, 7) is -2.03. The number of pyridine rings is 2. The van der Waals surface area contributed by atoms with Crippen molar-refractivity contribution in [3.63, 3.8) is 0 Å². The highest BCUT2D eigenvalue weighted by Gasteiger charge is 2.28. The van der Waals surface area contributed by atoms with Crippen molar-refractivity contribution in [3.05, 3.63) is 71.7 Å². The van der Waals surface area contributed by atoms with Crippen molar-refractivity contribution < 1.29 is 18.0 Å². The first-order chi connectivity index (χ1) is 16.7. The summed E-state index contributed by atoms with van der Waals surface area (Å²) in [5.74, 6) is -0.622. The van der Waals surface area contributed by atoms with Gasteiger partial charge in [-0.1, -0.05) is 12.1 Å². The molecule has 0 saturated carbocycles. The number of fused-ring (bicyclic) bond motifs is 2. The molecule has 0 aliphatic rings. The van der Waals surface area contributed by atoms with Crippen LogP contribution in [0.5, 0.6) is 0 Å². The first kappa shape index (κ1) is 22.3. The number of hydrogen-bond donors (Lipinski definition) is 1. The number of hydrogen-bond acceptors (Lipinski definition) is 5. The first-order valence-corrected chi connectivity index (χ1v) is 10.5. The molecule has 0 radical (unpaired) electrons. The molecule has 0 fully saturated rings. The number of halogens is 3. The maximum absolute atomic E-state index is 13.2. The highest BCUT2D eigenvalue weighted by Crippen LogP contribution is 2.27. The molecular formula is C23H18F3N7O2. The van der Waals surface area contributed by atoms with E-state index in [4.69, 9.17) is 0 Å². The highest BCUT2D eigenvalue weighted by atomic mass is 19.4. The molecule has 1 amide bonds. The van der Waals surface area contributed by atoms with Gasteiger partial charge >= 0.3 is 11.9 Å². The van der Waals surface area contributed by atoms with Crippen molar-refractivity contribution in [2.45, 2.75) is 12.7 Å². The third-order valence-corrected chi connectivity index (χ3v) is 5.59. The molecular weight excluding hydrogens is 463 g/mol. The van der Waals surface area contributed by atoms with Gasteiger partial charge in [0.15, 0.2) is 0 Å². The van der Waals surface area contributed by atoms with Crippen LogP contribution in [-0.4, -0.2) is 47.5 Å². The Labute approximate surface area is 195 Å². The molecule has 1 N–H and O–H groups in total. The van der Waals surface area contributed by atoms with E-state index in [0.717, 1.165) is 26.6 Å². The van der Waals surface area contributed by atoms with E-state index < -0.39 is 30.9 Å². The van der Waals surface area contributed by atoms with Gasteiger partial charge < -0.3 is 5.32 Å². The van der Waals surface area contributed by atoms with Gasteiger partial charge in [0.05, 0.1) is 28.9 Å². The zero-order valence-corrected chi connectivity index (χ0v) is 18.3. The Morgan fingerprint density at radius 2 is 1.77 bits per heavy atom.